The molecule has 6 nitrogen and oxygen atoms in total. The molecule has 0 heterocycles. The summed E-state index contributed by atoms with van der Waals surface area (Å²) in [5.74, 6) is -0.884. The first kappa shape index (κ1) is 70.6. The van der Waals surface area contributed by atoms with E-state index in [0.717, 1.165) is 109 Å². The maximum Gasteiger partial charge on any atom is 0.306 e. The van der Waals surface area contributed by atoms with Crippen LogP contribution in [-0.2, 0) is 28.6 Å². The maximum atomic E-state index is 12.9. The van der Waals surface area contributed by atoms with Crippen LogP contribution in [0.1, 0.15) is 310 Å². The molecule has 0 N–H and O–H groups in total. The highest BCUT2D eigenvalue weighted by Crippen LogP contribution is 2.16. The average molecular weight is 1030 g/mol. The molecule has 0 aromatic heterocycles. The number of rotatable bonds is 57. The van der Waals surface area contributed by atoms with Crippen molar-refractivity contribution in [1.29, 1.82) is 0 Å². The molecule has 0 fully saturated rings. The summed E-state index contributed by atoms with van der Waals surface area (Å²) in [4.78, 5) is 38.3. The number of unbranched alkanes of at least 4 members (excludes halogenated alkanes) is 32. The second-order valence-electron chi connectivity index (χ2n) is 20.9. The van der Waals surface area contributed by atoms with Crippen LogP contribution in [0.5, 0.6) is 0 Å². The van der Waals surface area contributed by atoms with Crippen LogP contribution in [0.3, 0.4) is 0 Å². The Labute approximate surface area is 458 Å². The number of carbonyl (C=O) groups excluding carboxylic acids is 3. The van der Waals surface area contributed by atoms with Crippen molar-refractivity contribution in [3.05, 3.63) is 85.1 Å². The van der Waals surface area contributed by atoms with Gasteiger partial charge < -0.3 is 14.2 Å². The highest BCUT2D eigenvalue weighted by Gasteiger charge is 2.19. The number of esters is 3. The van der Waals surface area contributed by atoms with Gasteiger partial charge in [0.15, 0.2) is 6.10 Å². The SMILES string of the molecule is CC/C=C\C/C=C\C/C=C\C/C=C\CCCCCCCCCCCCC(=O)OCC(COC(=O)CCCCCCCCCCCCCCCC)OC(=O)CCCCCCCC/C=C\C/C=C\C/C=C\CCCCC. The number of hydrogen-bond acceptors (Lipinski definition) is 6. The standard InChI is InChI=1S/C68H118O6/c1-4-7-10-13-16-19-22-25-28-30-32-33-34-35-37-38-40-43-46-49-52-55-58-61-67(70)73-64-65(63-72-66(69)60-57-54-51-48-45-42-27-24-21-18-15-12-9-6-3)74-68(71)62-59-56-53-50-47-44-41-39-36-31-29-26-23-20-17-14-11-8-5-2/h7,10,16-17,19-20,25-26,28-29,32-33,36,39,65H,4-6,8-9,11-15,18,21-24,27,30-31,34-35,37-38,40-64H2,1-3H3/b10-7-,19-16-,20-17-,28-25-,29-26-,33-32-,39-36-. The molecule has 0 amide bonds. The molecule has 0 bridgehead atoms. The monoisotopic (exact) mass is 1030 g/mol. The van der Waals surface area contributed by atoms with E-state index in [1.807, 2.05) is 0 Å². The average Bonchev–Trinajstić information content (AvgIpc) is 3.40. The van der Waals surface area contributed by atoms with Crippen molar-refractivity contribution in [2.75, 3.05) is 13.2 Å². The Morgan fingerprint density at radius 3 is 0.851 bits per heavy atom. The van der Waals surface area contributed by atoms with Gasteiger partial charge in [-0.05, 0) is 96.3 Å². The van der Waals surface area contributed by atoms with E-state index in [0.29, 0.717) is 19.3 Å². The third-order valence-corrected chi connectivity index (χ3v) is 13.6. The van der Waals surface area contributed by atoms with E-state index in [-0.39, 0.29) is 31.1 Å². The molecule has 1 unspecified atom stereocenters. The van der Waals surface area contributed by atoms with Crippen LogP contribution in [0, 0.1) is 0 Å². The van der Waals surface area contributed by atoms with Gasteiger partial charge in [0.05, 0.1) is 0 Å². The Morgan fingerprint density at radius 1 is 0.284 bits per heavy atom. The maximum absolute atomic E-state index is 12.9. The summed E-state index contributed by atoms with van der Waals surface area (Å²) < 4.78 is 16.9. The first-order valence-electron chi connectivity index (χ1n) is 31.6. The summed E-state index contributed by atoms with van der Waals surface area (Å²) in [6.07, 6.45) is 81.5. The molecule has 0 aliphatic rings. The zero-order valence-electron chi connectivity index (χ0n) is 48.8. The van der Waals surface area contributed by atoms with E-state index in [9.17, 15) is 14.4 Å². The summed E-state index contributed by atoms with van der Waals surface area (Å²) in [6, 6.07) is 0. The van der Waals surface area contributed by atoms with Gasteiger partial charge in [-0.15, -0.1) is 0 Å². The van der Waals surface area contributed by atoms with Gasteiger partial charge in [-0.1, -0.05) is 279 Å². The second kappa shape index (κ2) is 62.1. The van der Waals surface area contributed by atoms with Crippen molar-refractivity contribution in [3.63, 3.8) is 0 Å². The molecule has 0 saturated heterocycles. The van der Waals surface area contributed by atoms with Gasteiger partial charge in [-0.3, -0.25) is 14.4 Å². The van der Waals surface area contributed by atoms with Crippen LogP contribution >= 0.6 is 0 Å². The molecular formula is C68H118O6. The molecule has 74 heavy (non-hydrogen) atoms. The summed E-state index contributed by atoms with van der Waals surface area (Å²) in [5, 5.41) is 0. The molecule has 0 spiro atoms. The fraction of sp³-hybridized carbons (Fsp3) is 0.750. The molecule has 6 heteroatoms. The topological polar surface area (TPSA) is 78.9 Å². The predicted octanol–water partition coefficient (Wildman–Crippen LogP) is 21.5. The van der Waals surface area contributed by atoms with Crippen molar-refractivity contribution in [1.82, 2.24) is 0 Å². The highest BCUT2D eigenvalue weighted by molar-refractivity contribution is 5.71. The third kappa shape index (κ3) is 59.5. The number of hydrogen-bond donors (Lipinski definition) is 0. The van der Waals surface area contributed by atoms with Crippen LogP contribution in [0.15, 0.2) is 85.1 Å². The van der Waals surface area contributed by atoms with Crippen LogP contribution < -0.4 is 0 Å². The van der Waals surface area contributed by atoms with E-state index < -0.39 is 6.10 Å². The highest BCUT2D eigenvalue weighted by atomic mass is 16.6. The fourth-order valence-corrected chi connectivity index (χ4v) is 8.91. The predicted molar refractivity (Wildman–Crippen MR) is 321 cm³/mol. The summed E-state index contributed by atoms with van der Waals surface area (Å²) in [6.45, 7) is 6.52. The smallest absolute Gasteiger partial charge is 0.306 e. The van der Waals surface area contributed by atoms with E-state index in [2.05, 4.69) is 106 Å². The Bertz CT molecular complexity index is 1420. The van der Waals surface area contributed by atoms with Gasteiger partial charge in [-0.25, -0.2) is 0 Å². The van der Waals surface area contributed by atoms with Gasteiger partial charge in [0.1, 0.15) is 13.2 Å². The van der Waals surface area contributed by atoms with Gasteiger partial charge in [0.25, 0.3) is 0 Å². The fourth-order valence-electron chi connectivity index (χ4n) is 8.91. The minimum absolute atomic E-state index is 0.0803. The first-order valence-corrected chi connectivity index (χ1v) is 31.6. The van der Waals surface area contributed by atoms with Crippen molar-refractivity contribution < 1.29 is 28.6 Å². The lowest BCUT2D eigenvalue weighted by Crippen LogP contribution is -2.30. The molecule has 0 rings (SSSR count). The van der Waals surface area contributed by atoms with E-state index in [1.165, 1.54) is 161 Å². The number of carbonyl (C=O) groups is 3. The second-order valence-corrected chi connectivity index (χ2v) is 20.9. The summed E-state index contributed by atoms with van der Waals surface area (Å²) in [5.41, 5.74) is 0. The third-order valence-electron chi connectivity index (χ3n) is 13.6. The van der Waals surface area contributed by atoms with Crippen LogP contribution in [0.25, 0.3) is 0 Å². The van der Waals surface area contributed by atoms with Crippen molar-refractivity contribution in [3.8, 4) is 0 Å². The summed E-state index contributed by atoms with van der Waals surface area (Å²) >= 11 is 0. The summed E-state index contributed by atoms with van der Waals surface area (Å²) in [7, 11) is 0. The van der Waals surface area contributed by atoms with Gasteiger partial charge in [0, 0.05) is 19.3 Å². The Hall–Kier alpha value is -3.41. The minimum Gasteiger partial charge on any atom is -0.462 e. The molecular weight excluding hydrogens is 913 g/mol. The molecule has 0 aliphatic carbocycles. The molecule has 426 valence electrons. The lowest BCUT2D eigenvalue weighted by molar-refractivity contribution is -0.167. The lowest BCUT2D eigenvalue weighted by atomic mass is 10.0. The number of ether oxygens (including phenoxy) is 3. The van der Waals surface area contributed by atoms with Gasteiger partial charge in [0.2, 0.25) is 0 Å². The Balaban J connectivity index is 4.36. The van der Waals surface area contributed by atoms with Gasteiger partial charge >= 0.3 is 17.9 Å². The van der Waals surface area contributed by atoms with E-state index in [1.54, 1.807) is 0 Å². The first-order chi connectivity index (χ1) is 36.5. The Morgan fingerprint density at radius 2 is 0.527 bits per heavy atom. The molecule has 0 aliphatic heterocycles. The van der Waals surface area contributed by atoms with Crippen LogP contribution in [0.4, 0.5) is 0 Å². The Kier molecular flexibility index (Phi) is 59.3. The molecule has 0 saturated carbocycles. The van der Waals surface area contributed by atoms with E-state index >= 15 is 0 Å². The van der Waals surface area contributed by atoms with E-state index in [4.69, 9.17) is 14.2 Å². The normalized spacial score (nSPS) is 12.6. The largest absolute Gasteiger partial charge is 0.462 e. The van der Waals surface area contributed by atoms with Crippen molar-refractivity contribution in [2.45, 2.75) is 316 Å². The van der Waals surface area contributed by atoms with Crippen LogP contribution in [-0.4, -0.2) is 37.2 Å². The van der Waals surface area contributed by atoms with Gasteiger partial charge in [-0.2, -0.15) is 0 Å². The molecule has 0 radical (unpaired) electrons. The van der Waals surface area contributed by atoms with Crippen molar-refractivity contribution in [2.24, 2.45) is 0 Å². The lowest BCUT2D eigenvalue weighted by Gasteiger charge is -2.18. The minimum atomic E-state index is -0.785. The molecule has 1 atom stereocenters. The molecule has 0 aromatic carbocycles. The van der Waals surface area contributed by atoms with Crippen LogP contribution in [0.2, 0.25) is 0 Å². The molecule has 0 aromatic rings. The number of allylic oxidation sites excluding steroid dienone is 14. The van der Waals surface area contributed by atoms with Crippen molar-refractivity contribution >= 4 is 17.9 Å². The quantitative estimate of drug-likeness (QED) is 0.0261. The zero-order chi connectivity index (χ0) is 53.6. The zero-order valence-corrected chi connectivity index (χ0v) is 48.8.